The van der Waals surface area contributed by atoms with Crippen LogP contribution >= 0.6 is 0 Å². The first kappa shape index (κ1) is 13.8. The molecule has 19 heavy (non-hydrogen) atoms. The lowest BCUT2D eigenvalue weighted by Crippen LogP contribution is -2.49. The molecular weight excluding hydrogens is 247 g/mol. The summed E-state index contributed by atoms with van der Waals surface area (Å²) in [4.78, 5) is 14.0. The lowest BCUT2D eigenvalue weighted by atomic mass is 10.0. The minimum atomic E-state index is -0.518. The van der Waals surface area contributed by atoms with Crippen molar-refractivity contribution in [2.45, 2.75) is 26.4 Å². The van der Waals surface area contributed by atoms with Gasteiger partial charge < -0.3 is 15.4 Å². The predicted molar refractivity (Wildman–Crippen MR) is 71.7 cm³/mol. The summed E-state index contributed by atoms with van der Waals surface area (Å²) < 4.78 is 19.0. The number of nitrogens with two attached hydrogens (primary N) is 1. The van der Waals surface area contributed by atoms with Gasteiger partial charge in [-0.1, -0.05) is 13.8 Å². The summed E-state index contributed by atoms with van der Waals surface area (Å²) in [7, 11) is 0. The molecule has 1 aliphatic heterocycles. The first-order valence-electron chi connectivity index (χ1n) is 6.52. The standard InChI is InChI=1S/C14H19FN2O2/c1-9(2)13-14(18)17(7-3-6-16)11-8-10(15)4-5-12(11)19-13/h4-5,8-9,13H,3,6-7,16H2,1-2H3. The summed E-state index contributed by atoms with van der Waals surface area (Å²) in [6, 6.07) is 4.25. The van der Waals surface area contributed by atoms with Gasteiger partial charge in [0, 0.05) is 12.6 Å². The lowest BCUT2D eigenvalue weighted by Gasteiger charge is -2.36. The first-order chi connectivity index (χ1) is 9.04. The van der Waals surface area contributed by atoms with Crippen LogP contribution in [0.5, 0.6) is 5.75 Å². The Bertz CT molecular complexity index is 477. The maximum absolute atomic E-state index is 13.4. The highest BCUT2D eigenvalue weighted by Crippen LogP contribution is 2.36. The van der Waals surface area contributed by atoms with Crippen LogP contribution in [0.2, 0.25) is 0 Å². The Morgan fingerprint density at radius 2 is 2.21 bits per heavy atom. The van der Waals surface area contributed by atoms with E-state index in [1.807, 2.05) is 13.8 Å². The molecular formula is C14H19FN2O2. The van der Waals surface area contributed by atoms with Crippen molar-refractivity contribution in [1.82, 2.24) is 0 Å². The van der Waals surface area contributed by atoms with Crippen LogP contribution in [0.15, 0.2) is 18.2 Å². The van der Waals surface area contributed by atoms with Gasteiger partial charge in [-0.2, -0.15) is 0 Å². The van der Waals surface area contributed by atoms with E-state index in [0.29, 0.717) is 30.9 Å². The van der Waals surface area contributed by atoms with Crippen LogP contribution in [0.4, 0.5) is 10.1 Å². The van der Waals surface area contributed by atoms with Crippen molar-refractivity contribution >= 4 is 11.6 Å². The molecule has 1 heterocycles. The molecule has 5 heteroatoms. The van der Waals surface area contributed by atoms with Crippen LogP contribution in [0.1, 0.15) is 20.3 Å². The number of carbonyl (C=O) groups is 1. The number of benzene rings is 1. The summed E-state index contributed by atoms with van der Waals surface area (Å²) in [6.07, 6.45) is 0.155. The largest absolute Gasteiger partial charge is 0.478 e. The van der Waals surface area contributed by atoms with Gasteiger partial charge >= 0.3 is 0 Å². The number of amides is 1. The van der Waals surface area contributed by atoms with Gasteiger partial charge in [-0.3, -0.25) is 4.79 Å². The highest BCUT2D eigenvalue weighted by atomic mass is 19.1. The quantitative estimate of drug-likeness (QED) is 0.906. The maximum atomic E-state index is 13.4. The Labute approximate surface area is 112 Å². The van der Waals surface area contributed by atoms with E-state index in [2.05, 4.69) is 0 Å². The van der Waals surface area contributed by atoms with Gasteiger partial charge in [0.2, 0.25) is 0 Å². The van der Waals surface area contributed by atoms with Crippen molar-refractivity contribution < 1.29 is 13.9 Å². The number of halogens is 1. The third-order valence-corrected chi connectivity index (χ3v) is 3.17. The van der Waals surface area contributed by atoms with Gasteiger partial charge in [-0.25, -0.2) is 4.39 Å². The zero-order valence-electron chi connectivity index (χ0n) is 11.2. The smallest absolute Gasteiger partial charge is 0.268 e. The van der Waals surface area contributed by atoms with Crippen molar-refractivity contribution in [3.8, 4) is 5.75 Å². The van der Waals surface area contributed by atoms with E-state index in [0.717, 1.165) is 0 Å². The number of rotatable bonds is 4. The molecule has 4 nitrogen and oxygen atoms in total. The average molecular weight is 266 g/mol. The molecule has 1 amide bonds. The molecule has 2 rings (SSSR count). The van der Waals surface area contributed by atoms with Gasteiger partial charge in [-0.15, -0.1) is 0 Å². The number of hydrogen-bond donors (Lipinski definition) is 1. The number of anilines is 1. The first-order valence-corrected chi connectivity index (χ1v) is 6.52. The number of fused-ring (bicyclic) bond motifs is 1. The fourth-order valence-corrected chi connectivity index (χ4v) is 2.16. The normalized spacial score (nSPS) is 18.5. The van der Waals surface area contributed by atoms with Crippen LogP contribution in [0, 0.1) is 11.7 Å². The minimum absolute atomic E-state index is 0.0612. The van der Waals surface area contributed by atoms with Crippen LogP contribution in [-0.4, -0.2) is 25.1 Å². The maximum Gasteiger partial charge on any atom is 0.268 e. The molecule has 0 saturated heterocycles. The van der Waals surface area contributed by atoms with E-state index in [9.17, 15) is 9.18 Å². The molecule has 1 unspecified atom stereocenters. The zero-order chi connectivity index (χ0) is 14.0. The molecule has 1 aromatic carbocycles. The Morgan fingerprint density at radius 3 is 2.84 bits per heavy atom. The Morgan fingerprint density at radius 1 is 1.47 bits per heavy atom. The molecule has 1 aliphatic rings. The van der Waals surface area contributed by atoms with Crippen molar-refractivity contribution in [2.24, 2.45) is 11.7 Å². The number of carbonyl (C=O) groups excluding carboxylic acids is 1. The average Bonchev–Trinajstić information content (AvgIpc) is 2.37. The zero-order valence-corrected chi connectivity index (χ0v) is 11.2. The van der Waals surface area contributed by atoms with Crippen molar-refractivity contribution in [3.05, 3.63) is 24.0 Å². The van der Waals surface area contributed by atoms with Crippen LogP contribution < -0.4 is 15.4 Å². The van der Waals surface area contributed by atoms with Gasteiger partial charge in [0.15, 0.2) is 6.10 Å². The Kier molecular flexibility index (Phi) is 4.04. The highest BCUT2D eigenvalue weighted by molar-refractivity contribution is 6.00. The number of hydrogen-bond acceptors (Lipinski definition) is 3. The van der Waals surface area contributed by atoms with Gasteiger partial charge in [0.25, 0.3) is 5.91 Å². The molecule has 0 bridgehead atoms. The van der Waals surface area contributed by atoms with E-state index < -0.39 is 6.10 Å². The number of nitrogens with zero attached hydrogens (tertiary/aromatic N) is 1. The van der Waals surface area contributed by atoms with Gasteiger partial charge in [-0.05, 0) is 31.0 Å². The van der Waals surface area contributed by atoms with Crippen molar-refractivity contribution in [3.63, 3.8) is 0 Å². The second-order valence-electron chi connectivity index (χ2n) is 5.03. The molecule has 1 atom stereocenters. The summed E-state index contributed by atoms with van der Waals surface area (Å²) in [6.45, 7) is 4.83. The SMILES string of the molecule is CC(C)C1Oc2ccc(F)cc2N(CCCN)C1=O. The van der Waals surface area contributed by atoms with E-state index >= 15 is 0 Å². The fourth-order valence-electron chi connectivity index (χ4n) is 2.16. The summed E-state index contributed by atoms with van der Waals surface area (Å²) >= 11 is 0. The molecule has 104 valence electrons. The van der Waals surface area contributed by atoms with E-state index in [1.54, 1.807) is 11.0 Å². The topological polar surface area (TPSA) is 55.6 Å². The fraction of sp³-hybridized carbons (Fsp3) is 0.500. The van der Waals surface area contributed by atoms with Crippen molar-refractivity contribution in [1.29, 1.82) is 0 Å². The van der Waals surface area contributed by atoms with E-state index in [1.165, 1.54) is 12.1 Å². The Balaban J connectivity index is 2.38. The van der Waals surface area contributed by atoms with E-state index in [4.69, 9.17) is 10.5 Å². The monoisotopic (exact) mass is 266 g/mol. The van der Waals surface area contributed by atoms with Crippen LogP contribution in [0.25, 0.3) is 0 Å². The molecule has 0 saturated carbocycles. The van der Waals surface area contributed by atoms with Gasteiger partial charge in [0.1, 0.15) is 11.6 Å². The number of ether oxygens (including phenoxy) is 1. The Hall–Kier alpha value is -1.62. The predicted octanol–water partition coefficient (Wildman–Crippen LogP) is 1.92. The third kappa shape index (κ3) is 2.71. The van der Waals surface area contributed by atoms with Crippen molar-refractivity contribution in [2.75, 3.05) is 18.0 Å². The van der Waals surface area contributed by atoms with E-state index in [-0.39, 0.29) is 17.6 Å². The molecule has 0 fully saturated rings. The highest BCUT2D eigenvalue weighted by Gasteiger charge is 2.36. The second-order valence-corrected chi connectivity index (χ2v) is 5.03. The molecule has 0 radical (unpaired) electrons. The van der Waals surface area contributed by atoms with Crippen LogP contribution in [0.3, 0.4) is 0 Å². The molecule has 1 aromatic rings. The van der Waals surface area contributed by atoms with Gasteiger partial charge in [0.05, 0.1) is 5.69 Å². The molecule has 0 aliphatic carbocycles. The minimum Gasteiger partial charge on any atom is -0.478 e. The molecule has 2 N–H and O–H groups in total. The molecule has 0 spiro atoms. The summed E-state index contributed by atoms with van der Waals surface area (Å²) in [5, 5.41) is 0. The lowest BCUT2D eigenvalue weighted by molar-refractivity contribution is -0.128. The third-order valence-electron chi connectivity index (χ3n) is 3.17. The molecule has 0 aromatic heterocycles. The summed E-state index contributed by atoms with van der Waals surface area (Å²) in [5.41, 5.74) is 5.99. The second kappa shape index (κ2) is 5.57. The van der Waals surface area contributed by atoms with Crippen LogP contribution in [-0.2, 0) is 4.79 Å². The summed E-state index contributed by atoms with van der Waals surface area (Å²) in [5.74, 6) is 0.111.